The third-order valence-corrected chi connectivity index (χ3v) is 1.93. The van der Waals surface area contributed by atoms with Crippen molar-refractivity contribution in [3.63, 3.8) is 0 Å². The van der Waals surface area contributed by atoms with Gasteiger partial charge in [0, 0.05) is 18.8 Å². The number of rotatable bonds is 6. The van der Waals surface area contributed by atoms with Gasteiger partial charge in [-0.15, -0.1) is 0 Å². The summed E-state index contributed by atoms with van der Waals surface area (Å²) >= 11 is 0. The summed E-state index contributed by atoms with van der Waals surface area (Å²) in [5.41, 5.74) is 0.658. The lowest BCUT2D eigenvalue weighted by Crippen LogP contribution is -2.39. The molecule has 2 N–H and O–H groups in total. The largest absolute Gasteiger partial charge is 0.337 e. The van der Waals surface area contributed by atoms with Gasteiger partial charge in [-0.05, 0) is 20.0 Å². The standard InChI is InChI=1S/C10H21N3O/c1-5-13(6-2)8-7-11-10(14)12-9(3)4/h3,5-8H2,1-2,4H3,(H2,11,12,14). The zero-order valence-corrected chi connectivity index (χ0v) is 9.39. The first-order valence-electron chi connectivity index (χ1n) is 5.02. The Morgan fingerprint density at radius 2 is 1.93 bits per heavy atom. The molecule has 0 rings (SSSR count). The van der Waals surface area contributed by atoms with Crippen LogP contribution >= 0.6 is 0 Å². The van der Waals surface area contributed by atoms with Crippen molar-refractivity contribution >= 4 is 6.03 Å². The van der Waals surface area contributed by atoms with Crippen LogP contribution < -0.4 is 10.6 Å². The Balaban J connectivity index is 3.52. The average molecular weight is 199 g/mol. The number of allylic oxidation sites excluding steroid dienone is 1. The predicted molar refractivity (Wildman–Crippen MR) is 59.1 cm³/mol. The van der Waals surface area contributed by atoms with Crippen LogP contribution in [0, 0.1) is 0 Å². The van der Waals surface area contributed by atoms with Crippen LogP contribution in [0.5, 0.6) is 0 Å². The molecule has 14 heavy (non-hydrogen) atoms. The van der Waals surface area contributed by atoms with Crippen molar-refractivity contribution in [1.82, 2.24) is 15.5 Å². The van der Waals surface area contributed by atoms with Crippen LogP contribution in [-0.4, -0.2) is 37.1 Å². The summed E-state index contributed by atoms with van der Waals surface area (Å²) < 4.78 is 0. The zero-order chi connectivity index (χ0) is 11.0. The van der Waals surface area contributed by atoms with Crippen molar-refractivity contribution in [3.8, 4) is 0 Å². The van der Waals surface area contributed by atoms with Gasteiger partial charge >= 0.3 is 6.03 Å². The van der Waals surface area contributed by atoms with Crippen molar-refractivity contribution in [2.45, 2.75) is 20.8 Å². The molecule has 0 bridgehead atoms. The van der Waals surface area contributed by atoms with E-state index in [-0.39, 0.29) is 6.03 Å². The molecule has 0 saturated carbocycles. The molecule has 0 aliphatic heterocycles. The highest BCUT2D eigenvalue weighted by atomic mass is 16.2. The SMILES string of the molecule is C=C(C)NC(=O)NCCN(CC)CC. The Labute approximate surface area is 86.4 Å². The van der Waals surface area contributed by atoms with Gasteiger partial charge in [0.15, 0.2) is 0 Å². The van der Waals surface area contributed by atoms with Gasteiger partial charge in [-0.3, -0.25) is 0 Å². The second-order valence-corrected chi connectivity index (χ2v) is 3.19. The average Bonchev–Trinajstić information content (AvgIpc) is 2.11. The van der Waals surface area contributed by atoms with Crippen molar-refractivity contribution in [1.29, 1.82) is 0 Å². The first kappa shape index (κ1) is 13.0. The Morgan fingerprint density at radius 3 is 2.36 bits per heavy atom. The maximum Gasteiger partial charge on any atom is 0.318 e. The van der Waals surface area contributed by atoms with Crippen molar-refractivity contribution in [2.75, 3.05) is 26.2 Å². The molecule has 82 valence electrons. The van der Waals surface area contributed by atoms with E-state index in [4.69, 9.17) is 0 Å². The molecular weight excluding hydrogens is 178 g/mol. The fraction of sp³-hybridized carbons (Fsp3) is 0.700. The second kappa shape index (κ2) is 7.38. The lowest BCUT2D eigenvalue weighted by atomic mass is 10.4. The Bertz CT molecular complexity index is 188. The summed E-state index contributed by atoms with van der Waals surface area (Å²) in [6.07, 6.45) is 0. The first-order chi connectivity index (χ1) is 6.60. The molecule has 0 aromatic heterocycles. The minimum absolute atomic E-state index is 0.176. The summed E-state index contributed by atoms with van der Waals surface area (Å²) in [5.74, 6) is 0. The number of hydrogen-bond acceptors (Lipinski definition) is 2. The number of carbonyl (C=O) groups is 1. The molecule has 0 heterocycles. The van der Waals surface area contributed by atoms with Crippen molar-refractivity contribution in [3.05, 3.63) is 12.3 Å². The van der Waals surface area contributed by atoms with Gasteiger partial charge in [-0.25, -0.2) is 4.79 Å². The van der Waals surface area contributed by atoms with E-state index in [0.29, 0.717) is 12.2 Å². The maximum absolute atomic E-state index is 11.1. The molecule has 4 heteroatoms. The van der Waals surface area contributed by atoms with E-state index in [9.17, 15) is 4.79 Å². The molecule has 0 atom stereocenters. The van der Waals surface area contributed by atoms with E-state index < -0.39 is 0 Å². The second-order valence-electron chi connectivity index (χ2n) is 3.19. The van der Waals surface area contributed by atoms with Gasteiger partial charge in [-0.2, -0.15) is 0 Å². The fourth-order valence-electron chi connectivity index (χ4n) is 1.11. The third-order valence-electron chi connectivity index (χ3n) is 1.93. The molecule has 0 unspecified atom stereocenters. The van der Waals surface area contributed by atoms with Gasteiger partial charge in [0.05, 0.1) is 0 Å². The lowest BCUT2D eigenvalue weighted by Gasteiger charge is -2.18. The summed E-state index contributed by atoms with van der Waals surface area (Å²) in [7, 11) is 0. The molecular formula is C10H21N3O. The Kier molecular flexibility index (Phi) is 6.84. The smallest absolute Gasteiger partial charge is 0.318 e. The Morgan fingerprint density at radius 1 is 1.36 bits per heavy atom. The minimum Gasteiger partial charge on any atom is -0.337 e. The number of likely N-dealkylation sites (N-methyl/N-ethyl adjacent to an activating group) is 1. The number of nitrogens with zero attached hydrogens (tertiary/aromatic N) is 1. The lowest BCUT2D eigenvalue weighted by molar-refractivity contribution is 0.239. The number of hydrogen-bond donors (Lipinski definition) is 2. The van der Waals surface area contributed by atoms with Gasteiger partial charge in [0.1, 0.15) is 0 Å². The van der Waals surface area contributed by atoms with E-state index in [1.54, 1.807) is 6.92 Å². The number of urea groups is 1. The normalized spacial score (nSPS) is 10.0. The van der Waals surface area contributed by atoms with Crippen LogP contribution in [0.4, 0.5) is 4.79 Å². The predicted octanol–water partition coefficient (Wildman–Crippen LogP) is 1.16. The molecule has 0 aliphatic carbocycles. The van der Waals surface area contributed by atoms with Crippen molar-refractivity contribution in [2.24, 2.45) is 0 Å². The summed E-state index contributed by atoms with van der Waals surface area (Å²) in [4.78, 5) is 13.4. The molecule has 0 saturated heterocycles. The van der Waals surface area contributed by atoms with E-state index in [2.05, 4.69) is 36.0 Å². The van der Waals surface area contributed by atoms with Crippen molar-refractivity contribution < 1.29 is 4.79 Å². The van der Waals surface area contributed by atoms with E-state index >= 15 is 0 Å². The maximum atomic E-state index is 11.1. The monoisotopic (exact) mass is 199 g/mol. The van der Waals surface area contributed by atoms with E-state index in [1.807, 2.05) is 0 Å². The van der Waals surface area contributed by atoms with E-state index in [1.165, 1.54) is 0 Å². The summed E-state index contributed by atoms with van der Waals surface area (Å²) in [6, 6.07) is -0.176. The van der Waals surface area contributed by atoms with Gasteiger partial charge in [-0.1, -0.05) is 20.4 Å². The van der Waals surface area contributed by atoms with Crippen LogP contribution in [0.25, 0.3) is 0 Å². The summed E-state index contributed by atoms with van der Waals surface area (Å²) in [5, 5.41) is 5.35. The molecule has 0 spiro atoms. The van der Waals surface area contributed by atoms with Gasteiger partial charge < -0.3 is 15.5 Å². The van der Waals surface area contributed by atoms with E-state index in [0.717, 1.165) is 19.6 Å². The Hall–Kier alpha value is -1.03. The fourth-order valence-corrected chi connectivity index (χ4v) is 1.11. The molecule has 0 aromatic rings. The molecule has 0 fully saturated rings. The van der Waals surface area contributed by atoms with Crippen LogP contribution in [0.15, 0.2) is 12.3 Å². The number of carbonyl (C=O) groups excluding carboxylic acids is 1. The topological polar surface area (TPSA) is 44.4 Å². The molecule has 4 nitrogen and oxygen atoms in total. The van der Waals surface area contributed by atoms with Crippen LogP contribution in [0.1, 0.15) is 20.8 Å². The highest BCUT2D eigenvalue weighted by Crippen LogP contribution is 1.84. The van der Waals surface area contributed by atoms with Crippen LogP contribution in [-0.2, 0) is 0 Å². The minimum atomic E-state index is -0.176. The number of nitrogens with one attached hydrogen (secondary N) is 2. The molecule has 0 aromatic carbocycles. The highest BCUT2D eigenvalue weighted by Gasteiger charge is 2.01. The zero-order valence-electron chi connectivity index (χ0n) is 9.39. The van der Waals surface area contributed by atoms with Gasteiger partial charge in [0.25, 0.3) is 0 Å². The highest BCUT2D eigenvalue weighted by molar-refractivity contribution is 5.75. The van der Waals surface area contributed by atoms with Gasteiger partial charge in [0.2, 0.25) is 0 Å². The number of amides is 2. The molecule has 0 radical (unpaired) electrons. The molecule has 2 amide bonds. The third kappa shape index (κ3) is 6.48. The quantitative estimate of drug-likeness (QED) is 0.674. The molecule has 0 aliphatic rings. The first-order valence-corrected chi connectivity index (χ1v) is 5.02. The van der Waals surface area contributed by atoms with Crippen LogP contribution in [0.2, 0.25) is 0 Å². The van der Waals surface area contributed by atoms with Crippen LogP contribution in [0.3, 0.4) is 0 Å². The summed E-state index contributed by atoms with van der Waals surface area (Å²) in [6.45, 7) is 13.1.